The van der Waals surface area contributed by atoms with Crippen LogP contribution in [-0.2, 0) is 11.3 Å². The highest BCUT2D eigenvalue weighted by molar-refractivity contribution is 5.94. The zero-order valence-corrected chi connectivity index (χ0v) is 13.0. The van der Waals surface area contributed by atoms with E-state index in [1.807, 2.05) is 68.4 Å². The molecule has 0 saturated heterocycles. The maximum Gasteiger partial charge on any atom is 0.241 e. The molecule has 0 unspecified atom stereocenters. The minimum Gasteiger partial charge on any atom is -0.381 e. The number of para-hydroxylation sites is 1. The van der Waals surface area contributed by atoms with Crippen LogP contribution in [0.25, 0.3) is 0 Å². The SMILES string of the molecule is CC(C)[C@H](N)C(=O)Nc1ccc(CNc2ccccc2)cc1. The van der Waals surface area contributed by atoms with Crippen molar-refractivity contribution in [1.82, 2.24) is 0 Å². The monoisotopic (exact) mass is 297 g/mol. The number of rotatable bonds is 6. The van der Waals surface area contributed by atoms with Crippen LogP contribution in [0, 0.1) is 5.92 Å². The molecule has 2 aromatic carbocycles. The van der Waals surface area contributed by atoms with Gasteiger partial charge in [-0.1, -0.05) is 44.2 Å². The first-order chi connectivity index (χ1) is 10.6. The highest BCUT2D eigenvalue weighted by Gasteiger charge is 2.16. The Labute approximate surface area is 131 Å². The quantitative estimate of drug-likeness (QED) is 0.767. The van der Waals surface area contributed by atoms with Crippen molar-refractivity contribution in [1.29, 1.82) is 0 Å². The molecule has 116 valence electrons. The standard InChI is InChI=1S/C18H23N3O/c1-13(2)17(19)18(22)21-16-10-8-14(9-11-16)12-20-15-6-4-3-5-7-15/h3-11,13,17,20H,12,19H2,1-2H3,(H,21,22)/t17-/m0/s1. The zero-order chi connectivity index (χ0) is 15.9. The Morgan fingerprint density at radius 1 is 1.00 bits per heavy atom. The van der Waals surface area contributed by atoms with Crippen molar-refractivity contribution in [2.75, 3.05) is 10.6 Å². The third-order valence-corrected chi connectivity index (χ3v) is 3.51. The molecular formula is C18H23N3O. The molecule has 0 aliphatic heterocycles. The van der Waals surface area contributed by atoms with Gasteiger partial charge in [-0.3, -0.25) is 4.79 Å². The number of amides is 1. The van der Waals surface area contributed by atoms with E-state index < -0.39 is 6.04 Å². The van der Waals surface area contributed by atoms with E-state index in [-0.39, 0.29) is 11.8 Å². The van der Waals surface area contributed by atoms with Crippen LogP contribution in [0.1, 0.15) is 19.4 Å². The molecule has 1 amide bonds. The first kappa shape index (κ1) is 16.0. The molecule has 22 heavy (non-hydrogen) atoms. The number of nitrogens with two attached hydrogens (primary N) is 1. The van der Waals surface area contributed by atoms with Gasteiger partial charge >= 0.3 is 0 Å². The fraction of sp³-hybridized carbons (Fsp3) is 0.278. The molecule has 4 N–H and O–H groups in total. The Morgan fingerprint density at radius 3 is 2.23 bits per heavy atom. The lowest BCUT2D eigenvalue weighted by Gasteiger charge is -2.15. The van der Waals surface area contributed by atoms with Crippen LogP contribution in [0.15, 0.2) is 54.6 Å². The second-order valence-corrected chi connectivity index (χ2v) is 5.68. The Kier molecular flexibility index (Phi) is 5.55. The number of carbonyl (C=O) groups excluding carboxylic acids is 1. The highest BCUT2D eigenvalue weighted by Crippen LogP contribution is 2.13. The summed E-state index contributed by atoms with van der Waals surface area (Å²) in [6.45, 7) is 4.61. The van der Waals surface area contributed by atoms with Gasteiger partial charge < -0.3 is 16.4 Å². The lowest BCUT2D eigenvalue weighted by molar-refractivity contribution is -0.118. The molecular weight excluding hydrogens is 274 g/mol. The summed E-state index contributed by atoms with van der Waals surface area (Å²) in [5, 5.41) is 6.19. The molecule has 2 rings (SSSR count). The van der Waals surface area contributed by atoms with Crippen LogP contribution < -0.4 is 16.4 Å². The number of hydrogen-bond acceptors (Lipinski definition) is 3. The summed E-state index contributed by atoms with van der Waals surface area (Å²) in [6, 6.07) is 17.3. The molecule has 0 heterocycles. The van der Waals surface area contributed by atoms with Gasteiger partial charge in [0, 0.05) is 17.9 Å². The van der Waals surface area contributed by atoms with Crippen LogP contribution in [0.3, 0.4) is 0 Å². The van der Waals surface area contributed by atoms with E-state index in [1.54, 1.807) is 0 Å². The molecule has 0 radical (unpaired) electrons. The van der Waals surface area contributed by atoms with Crippen molar-refractivity contribution >= 4 is 17.3 Å². The van der Waals surface area contributed by atoms with Crippen LogP contribution in [0.5, 0.6) is 0 Å². The predicted molar refractivity (Wildman–Crippen MR) is 91.7 cm³/mol. The summed E-state index contributed by atoms with van der Waals surface area (Å²) < 4.78 is 0. The Hall–Kier alpha value is -2.33. The first-order valence-electron chi connectivity index (χ1n) is 7.50. The molecule has 0 saturated carbocycles. The van der Waals surface area contributed by atoms with E-state index in [9.17, 15) is 4.79 Å². The summed E-state index contributed by atoms with van der Waals surface area (Å²) in [5.74, 6) is -0.0282. The van der Waals surface area contributed by atoms with Crippen LogP contribution in [-0.4, -0.2) is 11.9 Å². The van der Waals surface area contributed by atoms with Gasteiger partial charge in [0.05, 0.1) is 6.04 Å². The summed E-state index contributed by atoms with van der Waals surface area (Å²) in [5.41, 5.74) is 8.83. The van der Waals surface area contributed by atoms with Gasteiger partial charge in [0.1, 0.15) is 0 Å². The van der Waals surface area contributed by atoms with Crippen LogP contribution in [0.2, 0.25) is 0 Å². The normalized spacial score (nSPS) is 12.0. The number of hydrogen-bond donors (Lipinski definition) is 3. The van der Waals surface area contributed by atoms with Crippen molar-refractivity contribution in [3.8, 4) is 0 Å². The Morgan fingerprint density at radius 2 is 1.64 bits per heavy atom. The fourth-order valence-corrected chi connectivity index (χ4v) is 1.99. The number of benzene rings is 2. The third-order valence-electron chi connectivity index (χ3n) is 3.51. The second kappa shape index (κ2) is 7.61. The molecule has 4 heteroatoms. The minimum absolute atomic E-state index is 0.120. The zero-order valence-electron chi connectivity index (χ0n) is 13.0. The molecule has 1 atom stereocenters. The van der Waals surface area contributed by atoms with E-state index >= 15 is 0 Å². The summed E-state index contributed by atoms with van der Waals surface area (Å²) in [7, 11) is 0. The molecule has 0 fully saturated rings. The van der Waals surface area contributed by atoms with Gasteiger partial charge in [-0.2, -0.15) is 0 Å². The molecule has 0 bridgehead atoms. The molecule has 4 nitrogen and oxygen atoms in total. The average Bonchev–Trinajstić information content (AvgIpc) is 2.54. The van der Waals surface area contributed by atoms with Gasteiger partial charge in [0.25, 0.3) is 0 Å². The summed E-state index contributed by atoms with van der Waals surface area (Å²) in [4.78, 5) is 11.9. The molecule has 0 spiro atoms. The lowest BCUT2D eigenvalue weighted by atomic mass is 10.0. The third kappa shape index (κ3) is 4.60. The maximum atomic E-state index is 11.9. The van der Waals surface area contributed by atoms with Gasteiger partial charge in [0.15, 0.2) is 0 Å². The smallest absolute Gasteiger partial charge is 0.241 e. The Bertz CT molecular complexity index is 593. The van der Waals surface area contributed by atoms with E-state index in [1.165, 1.54) is 0 Å². The largest absolute Gasteiger partial charge is 0.381 e. The summed E-state index contributed by atoms with van der Waals surface area (Å²) >= 11 is 0. The van der Waals surface area contributed by atoms with Gasteiger partial charge in [0.2, 0.25) is 5.91 Å². The maximum absolute atomic E-state index is 11.9. The lowest BCUT2D eigenvalue weighted by Crippen LogP contribution is -2.39. The van der Waals surface area contributed by atoms with Crippen molar-refractivity contribution < 1.29 is 4.79 Å². The molecule has 0 aliphatic rings. The number of anilines is 2. The Balaban J connectivity index is 1.89. The minimum atomic E-state index is -0.487. The topological polar surface area (TPSA) is 67.2 Å². The van der Waals surface area contributed by atoms with E-state index in [0.717, 1.165) is 23.5 Å². The van der Waals surface area contributed by atoms with E-state index in [4.69, 9.17) is 5.73 Å². The summed E-state index contributed by atoms with van der Waals surface area (Å²) in [6.07, 6.45) is 0. The van der Waals surface area contributed by atoms with Gasteiger partial charge in [-0.05, 0) is 35.7 Å². The molecule has 0 aliphatic carbocycles. The van der Waals surface area contributed by atoms with E-state index in [2.05, 4.69) is 10.6 Å². The number of nitrogens with one attached hydrogen (secondary N) is 2. The van der Waals surface area contributed by atoms with Crippen LogP contribution in [0.4, 0.5) is 11.4 Å². The predicted octanol–water partition coefficient (Wildman–Crippen LogP) is 3.22. The van der Waals surface area contributed by atoms with Crippen molar-refractivity contribution in [3.63, 3.8) is 0 Å². The van der Waals surface area contributed by atoms with Gasteiger partial charge in [-0.15, -0.1) is 0 Å². The molecule has 0 aromatic heterocycles. The first-order valence-corrected chi connectivity index (χ1v) is 7.50. The number of carbonyl (C=O) groups is 1. The van der Waals surface area contributed by atoms with Crippen molar-refractivity contribution in [2.24, 2.45) is 11.7 Å². The second-order valence-electron chi connectivity index (χ2n) is 5.68. The van der Waals surface area contributed by atoms with E-state index in [0.29, 0.717) is 0 Å². The molecule has 2 aromatic rings. The van der Waals surface area contributed by atoms with Gasteiger partial charge in [-0.25, -0.2) is 0 Å². The van der Waals surface area contributed by atoms with Crippen LogP contribution >= 0.6 is 0 Å². The fourth-order valence-electron chi connectivity index (χ4n) is 1.99. The highest BCUT2D eigenvalue weighted by atomic mass is 16.2. The van der Waals surface area contributed by atoms with Crippen molar-refractivity contribution in [2.45, 2.75) is 26.4 Å². The van der Waals surface area contributed by atoms with Crippen molar-refractivity contribution in [3.05, 3.63) is 60.2 Å². The average molecular weight is 297 g/mol.